The molecule has 116 valence electrons. The molecule has 0 bridgehead atoms. The van der Waals surface area contributed by atoms with Crippen LogP contribution in [0.5, 0.6) is 0 Å². The number of carbonyl (C=O) groups excluding carboxylic acids is 1. The van der Waals surface area contributed by atoms with Gasteiger partial charge in [0.05, 0.1) is 6.54 Å². The molecule has 0 atom stereocenters. The fourth-order valence-corrected chi connectivity index (χ4v) is 2.27. The molecule has 2 aromatic carbocycles. The van der Waals surface area contributed by atoms with E-state index in [-0.39, 0.29) is 17.9 Å². The minimum absolute atomic E-state index is 0.183. The molecule has 0 spiro atoms. The second-order valence-corrected chi connectivity index (χ2v) is 5.02. The molecule has 0 aliphatic heterocycles. The molecule has 0 saturated carbocycles. The number of nitrogens with zero attached hydrogens (tertiary/aromatic N) is 1. The molecule has 5 nitrogen and oxygen atoms in total. The molecule has 3 aromatic rings. The summed E-state index contributed by atoms with van der Waals surface area (Å²) in [6, 6.07) is 14.9. The maximum absolute atomic E-state index is 13.2. The summed E-state index contributed by atoms with van der Waals surface area (Å²) in [6.45, 7) is 0.273. The molecule has 0 radical (unpaired) electrons. The van der Waals surface area contributed by atoms with E-state index < -0.39 is 11.7 Å². The van der Waals surface area contributed by atoms with Gasteiger partial charge in [-0.1, -0.05) is 36.4 Å². The maximum atomic E-state index is 13.2. The minimum Gasteiger partial charge on any atom is -0.321 e. The van der Waals surface area contributed by atoms with Crippen molar-refractivity contribution in [2.24, 2.45) is 0 Å². The highest BCUT2D eigenvalue weighted by atomic mass is 19.1. The van der Waals surface area contributed by atoms with Gasteiger partial charge in [0.2, 0.25) is 0 Å². The van der Waals surface area contributed by atoms with Crippen LogP contribution in [0.1, 0.15) is 16.1 Å². The Kier molecular flexibility index (Phi) is 4.05. The quantitative estimate of drug-likeness (QED) is 0.778. The molecule has 0 saturated heterocycles. The van der Waals surface area contributed by atoms with Crippen molar-refractivity contribution in [3.63, 3.8) is 0 Å². The third-order valence-corrected chi connectivity index (χ3v) is 3.37. The first kappa shape index (κ1) is 14.8. The average molecular weight is 311 g/mol. The van der Waals surface area contributed by atoms with E-state index in [2.05, 4.69) is 10.3 Å². The minimum atomic E-state index is -0.482. The van der Waals surface area contributed by atoms with Gasteiger partial charge in [0.25, 0.3) is 5.91 Å². The van der Waals surface area contributed by atoms with E-state index in [0.717, 1.165) is 5.56 Å². The van der Waals surface area contributed by atoms with Gasteiger partial charge in [-0.3, -0.25) is 9.36 Å². The highest BCUT2D eigenvalue weighted by molar-refractivity contribution is 6.02. The molecule has 0 fully saturated rings. The van der Waals surface area contributed by atoms with Gasteiger partial charge < -0.3 is 10.3 Å². The van der Waals surface area contributed by atoms with Crippen LogP contribution in [0.3, 0.4) is 0 Å². The highest BCUT2D eigenvalue weighted by Gasteiger charge is 2.15. The van der Waals surface area contributed by atoms with Crippen molar-refractivity contribution in [3.8, 4) is 0 Å². The zero-order valence-corrected chi connectivity index (χ0v) is 12.1. The Labute approximate surface area is 131 Å². The monoisotopic (exact) mass is 311 g/mol. The van der Waals surface area contributed by atoms with E-state index >= 15 is 0 Å². The summed E-state index contributed by atoms with van der Waals surface area (Å²) in [6.07, 6.45) is 1.35. The van der Waals surface area contributed by atoms with Crippen LogP contribution < -0.4 is 11.0 Å². The third-order valence-electron chi connectivity index (χ3n) is 3.37. The lowest BCUT2D eigenvalue weighted by Crippen LogP contribution is -2.24. The third kappa shape index (κ3) is 3.37. The first-order chi connectivity index (χ1) is 11.1. The van der Waals surface area contributed by atoms with Gasteiger partial charge in [-0.15, -0.1) is 0 Å². The zero-order valence-electron chi connectivity index (χ0n) is 12.1. The highest BCUT2D eigenvalue weighted by Crippen LogP contribution is 2.11. The predicted octanol–water partition coefficient (Wildman–Crippen LogP) is 2.62. The van der Waals surface area contributed by atoms with E-state index in [1.54, 1.807) is 6.07 Å². The number of benzene rings is 2. The van der Waals surface area contributed by atoms with Crippen molar-refractivity contribution in [2.45, 2.75) is 6.54 Å². The van der Waals surface area contributed by atoms with Crippen LogP contribution >= 0.6 is 0 Å². The SMILES string of the molecule is O=C(Nc1cccc(F)c1)c1c[nH]c(=O)n1Cc1ccccc1. The van der Waals surface area contributed by atoms with Crippen molar-refractivity contribution < 1.29 is 9.18 Å². The molecule has 1 amide bonds. The summed E-state index contributed by atoms with van der Waals surface area (Å²) in [4.78, 5) is 26.8. The Morgan fingerprint density at radius 3 is 2.65 bits per heavy atom. The second-order valence-electron chi connectivity index (χ2n) is 5.02. The molecule has 1 aromatic heterocycles. The summed E-state index contributed by atoms with van der Waals surface area (Å²) in [5, 5.41) is 2.58. The van der Waals surface area contributed by atoms with E-state index in [1.807, 2.05) is 30.3 Å². The number of hydrogen-bond donors (Lipinski definition) is 2. The van der Waals surface area contributed by atoms with E-state index in [4.69, 9.17) is 0 Å². The molecule has 6 heteroatoms. The van der Waals surface area contributed by atoms with Crippen molar-refractivity contribution in [3.05, 3.63) is 88.4 Å². The Bertz CT molecular complexity index is 884. The van der Waals surface area contributed by atoms with E-state index in [1.165, 1.54) is 29.0 Å². The molecule has 23 heavy (non-hydrogen) atoms. The smallest absolute Gasteiger partial charge is 0.321 e. The van der Waals surface area contributed by atoms with Crippen LogP contribution in [0.4, 0.5) is 10.1 Å². The maximum Gasteiger partial charge on any atom is 0.326 e. The number of hydrogen-bond acceptors (Lipinski definition) is 2. The number of imidazole rings is 1. The molecule has 0 aliphatic rings. The molecular weight excluding hydrogens is 297 g/mol. The van der Waals surface area contributed by atoms with Gasteiger partial charge in [-0.05, 0) is 23.8 Å². The lowest BCUT2D eigenvalue weighted by molar-refractivity contribution is 0.101. The zero-order chi connectivity index (χ0) is 16.2. The first-order valence-electron chi connectivity index (χ1n) is 7.02. The lowest BCUT2D eigenvalue weighted by Gasteiger charge is -2.08. The van der Waals surface area contributed by atoms with Gasteiger partial charge in [-0.2, -0.15) is 0 Å². The summed E-state index contributed by atoms with van der Waals surface area (Å²) in [5.41, 5.74) is 1.03. The standard InChI is InChI=1S/C17H14FN3O2/c18-13-7-4-8-14(9-13)20-16(22)15-10-19-17(23)21(15)11-12-5-2-1-3-6-12/h1-10H,11H2,(H,19,23)(H,20,22). The van der Waals surface area contributed by atoms with Gasteiger partial charge >= 0.3 is 5.69 Å². The van der Waals surface area contributed by atoms with Crippen LogP contribution in [0, 0.1) is 5.82 Å². The Morgan fingerprint density at radius 2 is 1.91 bits per heavy atom. The predicted molar refractivity (Wildman–Crippen MR) is 84.9 cm³/mol. The van der Waals surface area contributed by atoms with Gasteiger partial charge in [0.1, 0.15) is 11.5 Å². The van der Waals surface area contributed by atoms with Gasteiger partial charge in [-0.25, -0.2) is 9.18 Å². The Hall–Kier alpha value is -3.15. The van der Waals surface area contributed by atoms with Crippen LogP contribution in [0.15, 0.2) is 65.6 Å². The molecular formula is C17H14FN3O2. The molecule has 0 unspecified atom stereocenters. The number of amides is 1. The van der Waals surface area contributed by atoms with Crippen LogP contribution in [0.25, 0.3) is 0 Å². The summed E-state index contributed by atoms with van der Waals surface area (Å²) >= 11 is 0. The van der Waals surface area contributed by atoms with Crippen molar-refractivity contribution in [1.29, 1.82) is 0 Å². The van der Waals surface area contributed by atoms with Crippen molar-refractivity contribution in [2.75, 3.05) is 5.32 Å². The Balaban J connectivity index is 1.85. The van der Waals surface area contributed by atoms with Crippen LogP contribution in [-0.4, -0.2) is 15.5 Å². The molecule has 2 N–H and O–H groups in total. The van der Waals surface area contributed by atoms with E-state index in [9.17, 15) is 14.0 Å². The topological polar surface area (TPSA) is 66.9 Å². The van der Waals surface area contributed by atoms with Gasteiger partial charge in [0.15, 0.2) is 0 Å². The molecule has 3 rings (SSSR count). The largest absolute Gasteiger partial charge is 0.326 e. The number of H-pyrrole nitrogens is 1. The number of anilines is 1. The first-order valence-corrected chi connectivity index (χ1v) is 7.02. The van der Waals surface area contributed by atoms with Crippen molar-refractivity contribution >= 4 is 11.6 Å². The molecule has 1 heterocycles. The van der Waals surface area contributed by atoms with Crippen LogP contribution in [-0.2, 0) is 6.54 Å². The average Bonchev–Trinajstić information content (AvgIpc) is 2.89. The number of aromatic nitrogens is 2. The lowest BCUT2D eigenvalue weighted by atomic mass is 10.2. The fraction of sp³-hybridized carbons (Fsp3) is 0.0588. The summed E-state index contributed by atoms with van der Waals surface area (Å²) in [5.74, 6) is -0.927. The fourth-order valence-electron chi connectivity index (χ4n) is 2.27. The number of halogens is 1. The second kappa shape index (κ2) is 6.31. The number of aromatic amines is 1. The number of nitrogens with one attached hydrogen (secondary N) is 2. The molecule has 0 aliphatic carbocycles. The van der Waals surface area contributed by atoms with Crippen molar-refractivity contribution in [1.82, 2.24) is 9.55 Å². The summed E-state index contributed by atoms with van der Waals surface area (Å²) < 4.78 is 14.5. The Morgan fingerprint density at radius 1 is 1.13 bits per heavy atom. The van der Waals surface area contributed by atoms with E-state index in [0.29, 0.717) is 5.69 Å². The number of rotatable bonds is 4. The number of carbonyl (C=O) groups is 1. The van der Waals surface area contributed by atoms with Gasteiger partial charge in [0, 0.05) is 11.9 Å². The van der Waals surface area contributed by atoms with Crippen LogP contribution in [0.2, 0.25) is 0 Å². The summed E-state index contributed by atoms with van der Waals surface area (Å²) in [7, 11) is 0. The normalized spacial score (nSPS) is 10.5.